The van der Waals surface area contributed by atoms with Crippen molar-refractivity contribution in [1.82, 2.24) is 0 Å². The molecule has 2 aromatic rings. The van der Waals surface area contributed by atoms with E-state index in [0.29, 0.717) is 18.5 Å². The highest BCUT2D eigenvalue weighted by Gasteiger charge is 2.44. The summed E-state index contributed by atoms with van der Waals surface area (Å²) in [6.45, 7) is 1.57. The molecule has 0 bridgehead atoms. The number of thiophene rings is 1. The van der Waals surface area contributed by atoms with Gasteiger partial charge in [0.25, 0.3) is 5.91 Å². The summed E-state index contributed by atoms with van der Waals surface area (Å²) >= 11 is 1.85. The second kappa shape index (κ2) is 6.21. The van der Waals surface area contributed by atoms with E-state index in [1.807, 2.05) is 35.6 Å². The molecule has 1 saturated carbocycles. The molecule has 1 fully saturated rings. The van der Waals surface area contributed by atoms with Crippen LogP contribution < -0.4 is 15.1 Å². The van der Waals surface area contributed by atoms with Gasteiger partial charge >= 0.3 is 0 Å². The molecule has 5 rings (SSSR count). The molecule has 5 nitrogen and oxygen atoms in total. The van der Waals surface area contributed by atoms with Crippen molar-refractivity contribution in [2.75, 3.05) is 29.9 Å². The van der Waals surface area contributed by atoms with Gasteiger partial charge in [-0.1, -0.05) is 12.1 Å². The van der Waals surface area contributed by atoms with Crippen LogP contribution in [0.1, 0.15) is 29.3 Å². The Morgan fingerprint density at radius 2 is 2.12 bits per heavy atom. The van der Waals surface area contributed by atoms with E-state index in [1.165, 1.54) is 28.2 Å². The zero-order valence-corrected chi connectivity index (χ0v) is 15.3. The molecule has 1 aliphatic carbocycles. The molecule has 2 aliphatic heterocycles. The lowest BCUT2D eigenvalue weighted by atomic mass is 9.96. The van der Waals surface area contributed by atoms with Crippen LogP contribution in [-0.4, -0.2) is 31.4 Å². The number of hydrogen-bond donors (Lipinski definition) is 2. The monoisotopic (exact) mass is 368 g/mol. The van der Waals surface area contributed by atoms with Crippen molar-refractivity contribution in [1.29, 1.82) is 0 Å². The highest BCUT2D eigenvalue weighted by Crippen LogP contribution is 2.42. The summed E-state index contributed by atoms with van der Waals surface area (Å²) < 4.78 is 0. The zero-order valence-electron chi connectivity index (χ0n) is 14.5. The Morgan fingerprint density at radius 1 is 1.27 bits per heavy atom. The molecular formula is C20H22N3O2S+. The second-order valence-electron chi connectivity index (χ2n) is 7.49. The van der Waals surface area contributed by atoms with Crippen molar-refractivity contribution < 1.29 is 14.5 Å². The first-order valence-corrected chi connectivity index (χ1v) is 10.2. The van der Waals surface area contributed by atoms with E-state index >= 15 is 0 Å². The van der Waals surface area contributed by atoms with Crippen LogP contribution in [0.2, 0.25) is 0 Å². The van der Waals surface area contributed by atoms with E-state index < -0.39 is 0 Å². The third-order valence-electron chi connectivity index (χ3n) is 5.77. The number of quaternary nitrogens is 1. The van der Waals surface area contributed by atoms with Crippen LogP contribution >= 0.6 is 11.3 Å². The van der Waals surface area contributed by atoms with Gasteiger partial charge in [0.05, 0.1) is 17.9 Å². The number of para-hydroxylation sites is 2. The van der Waals surface area contributed by atoms with Crippen LogP contribution in [-0.2, 0) is 16.0 Å². The summed E-state index contributed by atoms with van der Waals surface area (Å²) in [7, 11) is 0. The molecule has 26 heavy (non-hydrogen) atoms. The average Bonchev–Trinajstić information content (AvgIpc) is 3.36. The van der Waals surface area contributed by atoms with E-state index in [4.69, 9.17) is 0 Å². The molecule has 2 atom stereocenters. The van der Waals surface area contributed by atoms with Gasteiger partial charge in [-0.3, -0.25) is 14.5 Å². The summed E-state index contributed by atoms with van der Waals surface area (Å²) in [5.41, 5.74) is 3.00. The van der Waals surface area contributed by atoms with Gasteiger partial charge in [0.2, 0.25) is 5.91 Å². The minimum atomic E-state index is -0.121. The summed E-state index contributed by atoms with van der Waals surface area (Å²) in [6, 6.07) is 10.3. The Kier molecular flexibility index (Phi) is 3.83. The van der Waals surface area contributed by atoms with Crippen molar-refractivity contribution >= 4 is 34.5 Å². The molecular weight excluding hydrogens is 346 g/mol. The standard InChI is InChI=1S/C20H21N3O2S/c24-18-11-23(16-4-2-1-3-15(16)21-18)19(25)12-22-9-7-17-14(8-10-26-17)20(22)13-5-6-13/h1-4,8,10,13,20H,5-7,9,11-12H2,(H,21,24)/p+1/t20-/m1/s1. The predicted octanol–water partition coefficient (Wildman–Crippen LogP) is 1.63. The second-order valence-corrected chi connectivity index (χ2v) is 8.50. The minimum absolute atomic E-state index is 0.0478. The van der Waals surface area contributed by atoms with Gasteiger partial charge in [-0.2, -0.15) is 0 Å². The molecule has 3 aliphatic rings. The summed E-state index contributed by atoms with van der Waals surface area (Å²) in [5, 5.41) is 5.05. The molecule has 0 radical (unpaired) electrons. The smallest absolute Gasteiger partial charge is 0.282 e. The maximum atomic E-state index is 13.1. The SMILES string of the molecule is O=C1CN(C(=O)C[NH+]2CCc3sccc3[C@H]2C2CC2)c2ccccc2N1. The molecule has 2 amide bonds. The molecule has 2 N–H and O–H groups in total. The molecule has 1 aromatic carbocycles. The summed E-state index contributed by atoms with van der Waals surface area (Å²) in [5.74, 6) is 0.638. The molecule has 3 heterocycles. The predicted molar refractivity (Wildman–Crippen MR) is 102 cm³/mol. The first kappa shape index (κ1) is 16.0. The van der Waals surface area contributed by atoms with Crippen LogP contribution in [0, 0.1) is 5.92 Å². The van der Waals surface area contributed by atoms with Gasteiger partial charge in [0.15, 0.2) is 6.54 Å². The topological polar surface area (TPSA) is 53.9 Å². The highest BCUT2D eigenvalue weighted by molar-refractivity contribution is 7.10. The van der Waals surface area contributed by atoms with E-state index in [1.54, 1.807) is 4.90 Å². The molecule has 1 unspecified atom stereocenters. The van der Waals surface area contributed by atoms with Crippen molar-refractivity contribution in [2.24, 2.45) is 5.92 Å². The Balaban J connectivity index is 1.40. The Labute approximate surface area is 156 Å². The fourth-order valence-electron chi connectivity index (χ4n) is 4.44. The highest BCUT2D eigenvalue weighted by atomic mass is 32.1. The van der Waals surface area contributed by atoms with Gasteiger partial charge < -0.3 is 10.2 Å². The molecule has 6 heteroatoms. The van der Waals surface area contributed by atoms with Gasteiger partial charge in [0.1, 0.15) is 12.6 Å². The van der Waals surface area contributed by atoms with E-state index in [2.05, 4.69) is 16.8 Å². The number of fused-ring (bicyclic) bond motifs is 2. The lowest BCUT2D eigenvalue weighted by Crippen LogP contribution is -3.14. The lowest BCUT2D eigenvalue weighted by Gasteiger charge is -2.35. The van der Waals surface area contributed by atoms with Crippen LogP contribution in [0.4, 0.5) is 11.4 Å². The fourth-order valence-corrected chi connectivity index (χ4v) is 5.37. The number of carbonyl (C=O) groups excluding carboxylic acids is 2. The maximum absolute atomic E-state index is 13.1. The zero-order chi connectivity index (χ0) is 17.7. The largest absolute Gasteiger partial charge is 0.323 e. The number of nitrogens with one attached hydrogen (secondary N) is 2. The van der Waals surface area contributed by atoms with Gasteiger partial charge in [-0.25, -0.2) is 0 Å². The van der Waals surface area contributed by atoms with Crippen molar-refractivity contribution in [2.45, 2.75) is 25.3 Å². The van der Waals surface area contributed by atoms with Crippen molar-refractivity contribution in [3.8, 4) is 0 Å². The van der Waals surface area contributed by atoms with Gasteiger partial charge in [0, 0.05) is 22.8 Å². The Bertz CT molecular complexity index is 873. The normalized spacial score (nSPS) is 24.6. The summed E-state index contributed by atoms with van der Waals surface area (Å²) in [4.78, 5) is 29.7. The van der Waals surface area contributed by atoms with Crippen molar-refractivity contribution in [3.63, 3.8) is 0 Å². The van der Waals surface area contributed by atoms with Crippen LogP contribution in [0.3, 0.4) is 0 Å². The number of hydrogen-bond acceptors (Lipinski definition) is 3. The Hall–Kier alpha value is -2.18. The molecule has 134 valence electrons. The fraction of sp³-hybridized carbons (Fsp3) is 0.400. The Morgan fingerprint density at radius 3 is 2.96 bits per heavy atom. The third-order valence-corrected chi connectivity index (χ3v) is 6.77. The maximum Gasteiger partial charge on any atom is 0.282 e. The van der Waals surface area contributed by atoms with Crippen LogP contribution in [0.25, 0.3) is 0 Å². The number of amides is 2. The number of carbonyl (C=O) groups is 2. The number of anilines is 2. The number of nitrogens with zero attached hydrogens (tertiary/aromatic N) is 1. The van der Waals surface area contributed by atoms with Crippen molar-refractivity contribution in [3.05, 3.63) is 46.2 Å². The van der Waals surface area contributed by atoms with E-state index in [0.717, 1.165) is 24.3 Å². The average molecular weight is 368 g/mol. The minimum Gasteiger partial charge on any atom is -0.323 e. The quantitative estimate of drug-likeness (QED) is 0.865. The van der Waals surface area contributed by atoms with Crippen LogP contribution in [0.15, 0.2) is 35.7 Å². The van der Waals surface area contributed by atoms with Gasteiger partial charge in [-0.15, -0.1) is 11.3 Å². The van der Waals surface area contributed by atoms with Crippen LogP contribution in [0.5, 0.6) is 0 Å². The first-order valence-electron chi connectivity index (χ1n) is 9.31. The van der Waals surface area contributed by atoms with E-state index in [9.17, 15) is 9.59 Å². The first-order chi connectivity index (χ1) is 12.7. The lowest BCUT2D eigenvalue weighted by molar-refractivity contribution is -0.928. The van der Waals surface area contributed by atoms with Gasteiger partial charge in [-0.05, 0) is 36.4 Å². The molecule has 0 saturated heterocycles. The number of rotatable bonds is 3. The molecule has 1 aromatic heterocycles. The molecule has 0 spiro atoms. The third kappa shape index (κ3) is 2.73. The van der Waals surface area contributed by atoms with E-state index in [-0.39, 0.29) is 18.4 Å². The number of benzene rings is 1. The summed E-state index contributed by atoms with van der Waals surface area (Å²) in [6.07, 6.45) is 3.59.